The maximum Gasteiger partial charge on any atom is 0.416 e. The van der Waals surface area contributed by atoms with E-state index in [-0.39, 0.29) is 38.4 Å². The number of esters is 1. The summed E-state index contributed by atoms with van der Waals surface area (Å²) in [5.41, 5.74) is -0.164. The minimum Gasteiger partial charge on any atom is -0.465 e. The predicted octanol–water partition coefficient (Wildman–Crippen LogP) is 2.35. The zero-order chi connectivity index (χ0) is 20.7. The Morgan fingerprint density at radius 1 is 1.15 bits per heavy atom. The van der Waals surface area contributed by atoms with E-state index in [0.29, 0.717) is 5.56 Å². The molecule has 0 unspecified atom stereocenters. The van der Waals surface area contributed by atoms with Crippen molar-refractivity contribution in [2.75, 3.05) is 39.5 Å². The second kappa shape index (κ2) is 10.0. The first-order valence-electron chi connectivity index (χ1n) is 8.40. The van der Waals surface area contributed by atoms with Gasteiger partial charge in [-0.1, -0.05) is 12.1 Å². The van der Waals surface area contributed by atoms with Crippen LogP contribution in [-0.4, -0.2) is 63.1 Å². The van der Waals surface area contributed by atoms with Crippen molar-refractivity contribution in [3.05, 3.63) is 35.4 Å². The summed E-state index contributed by atoms with van der Waals surface area (Å²) in [6, 6.07) is 4.65. The Morgan fingerprint density at radius 3 is 2.22 bits per heavy atom. The second-order valence-corrected chi connectivity index (χ2v) is 8.46. The van der Waals surface area contributed by atoms with Gasteiger partial charge >= 0.3 is 12.1 Å². The number of carbonyl (C=O) groups is 1. The van der Waals surface area contributed by atoms with E-state index in [4.69, 9.17) is 4.74 Å². The highest BCUT2D eigenvalue weighted by Crippen LogP contribution is 2.29. The first kappa shape index (κ1) is 23.4. The average Bonchev–Trinajstić information content (AvgIpc) is 2.54. The van der Waals surface area contributed by atoms with Gasteiger partial charge in [-0.15, -0.1) is 0 Å². The lowest BCUT2D eigenvalue weighted by atomic mass is 10.1. The van der Waals surface area contributed by atoms with Crippen LogP contribution in [0.4, 0.5) is 13.2 Å². The van der Waals surface area contributed by atoms with Crippen LogP contribution < -0.4 is 0 Å². The van der Waals surface area contributed by atoms with Crippen molar-refractivity contribution < 1.29 is 31.1 Å². The van der Waals surface area contributed by atoms with Crippen molar-refractivity contribution in [1.82, 2.24) is 9.21 Å². The third kappa shape index (κ3) is 8.27. The fraction of sp³-hybridized carbons (Fsp3) is 0.588. The summed E-state index contributed by atoms with van der Waals surface area (Å²) in [6.07, 6.45) is -4.13. The Morgan fingerprint density at radius 2 is 1.74 bits per heavy atom. The smallest absolute Gasteiger partial charge is 0.416 e. The molecule has 154 valence electrons. The van der Waals surface area contributed by atoms with Crippen LogP contribution in [0.15, 0.2) is 24.3 Å². The molecule has 0 radical (unpaired) electrons. The Labute approximate surface area is 157 Å². The number of ether oxygens (including phenoxy) is 1. The largest absolute Gasteiger partial charge is 0.465 e. The second-order valence-electron chi connectivity index (χ2n) is 6.16. The van der Waals surface area contributed by atoms with Gasteiger partial charge in [0.15, 0.2) is 0 Å². The van der Waals surface area contributed by atoms with Crippen LogP contribution in [-0.2, 0) is 32.3 Å². The Balaban J connectivity index is 2.78. The normalized spacial score (nSPS) is 12.6. The maximum absolute atomic E-state index is 12.6. The molecule has 10 heteroatoms. The molecule has 0 aliphatic heterocycles. The predicted molar refractivity (Wildman–Crippen MR) is 95.4 cm³/mol. The van der Waals surface area contributed by atoms with E-state index >= 15 is 0 Å². The molecule has 1 aromatic carbocycles. The van der Waals surface area contributed by atoms with Crippen molar-refractivity contribution in [2.24, 2.45) is 0 Å². The number of alkyl halides is 3. The van der Waals surface area contributed by atoms with Gasteiger partial charge in [-0.2, -0.15) is 13.2 Å². The number of hydrogen-bond donors (Lipinski definition) is 0. The number of halogens is 3. The Bertz CT molecular complexity index is 704. The van der Waals surface area contributed by atoms with Gasteiger partial charge in [0.25, 0.3) is 0 Å². The first-order chi connectivity index (χ1) is 12.5. The lowest BCUT2D eigenvalue weighted by Gasteiger charge is -2.22. The highest BCUT2D eigenvalue weighted by molar-refractivity contribution is 7.89. The van der Waals surface area contributed by atoms with Crippen LogP contribution >= 0.6 is 0 Å². The SMILES string of the molecule is CCOC(=O)CN(CCCS(=O)(=O)N(C)C)Cc1ccc(C(F)(F)F)cc1. The standard InChI is InChI=1S/C17H25F3N2O4S/c1-4-26-16(23)13-22(10-5-11-27(24,25)21(2)3)12-14-6-8-15(9-7-14)17(18,19)20/h6-9H,4-5,10-13H2,1-3H3. The zero-order valence-electron chi connectivity index (χ0n) is 15.6. The van der Waals surface area contributed by atoms with Gasteiger partial charge in [-0.3, -0.25) is 9.69 Å². The van der Waals surface area contributed by atoms with Crippen LogP contribution in [0.2, 0.25) is 0 Å². The molecule has 0 amide bonds. The minimum atomic E-state index is -4.41. The first-order valence-corrected chi connectivity index (χ1v) is 10.0. The van der Waals surface area contributed by atoms with E-state index in [2.05, 4.69) is 0 Å². The molecule has 0 saturated carbocycles. The zero-order valence-corrected chi connectivity index (χ0v) is 16.4. The summed E-state index contributed by atoms with van der Waals surface area (Å²) in [6.45, 7) is 2.30. The van der Waals surface area contributed by atoms with Crippen LogP contribution in [0.25, 0.3) is 0 Å². The highest BCUT2D eigenvalue weighted by Gasteiger charge is 2.30. The number of sulfonamides is 1. The molecule has 0 heterocycles. The van der Waals surface area contributed by atoms with Crippen molar-refractivity contribution in [3.63, 3.8) is 0 Å². The molecule has 0 aromatic heterocycles. The Kier molecular flexibility index (Phi) is 8.70. The third-order valence-corrected chi connectivity index (χ3v) is 5.70. The highest BCUT2D eigenvalue weighted by atomic mass is 32.2. The molecule has 0 aliphatic rings. The van der Waals surface area contributed by atoms with Gasteiger partial charge in [0, 0.05) is 27.2 Å². The lowest BCUT2D eigenvalue weighted by molar-refractivity contribution is -0.144. The summed E-state index contributed by atoms with van der Waals surface area (Å²) in [7, 11) is -0.485. The molecule has 0 atom stereocenters. The van der Waals surface area contributed by atoms with E-state index < -0.39 is 27.7 Å². The summed E-state index contributed by atoms with van der Waals surface area (Å²) < 4.78 is 67.6. The van der Waals surface area contributed by atoms with Crippen molar-refractivity contribution in [1.29, 1.82) is 0 Å². The topological polar surface area (TPSA) is 66.9 Å². The fourth-order valence-corrected chi connectivity index (χ4v) is 3.17. The van der Waals surface area contributed by atoms with Gasteiger partial charge in [-0.25, -0.2) is 12.7 Å². The third-order valence-electron chi connectivity index (χ3n) is 3.78. The summed E-state index contributed by atoms with van der Waals surface area (Å²) in [4.78, 5) is 13.4. The number of rotatable bonds is 10. The molecule has 0 spiro atoms. The Hall–Kier alpha value is -1.65. The molecule has 0 N–H and O–H groups in total. The average molecular weight is 410 g/mol. The van der Waals surface area contributed by atoms with E-state index in [1.54, 1.807) is 11.8 Å². The molecular weight excluding hydrogens is 385 g/mol. The van der Waals surface area contributed by atoms with Crippen molar-refractivity contribution in [3.8, 4) is 0 Å². The van der Waals surface area contributed by atoms with Crippen molar-refractivity contribution in [2.45, 2.75) is 26.1 Å². The number of nitrogens with zero attached hydrogens (tertiary/aromatic N) is 2. The van der Waals surface area contributed by atoms with Gasteiger partial charge in [0.05, 0.1) is 24.5 Å². The minimum absolute atomic E-state index is 0.0725. The van der Waals surface area contributed by atoms with Crippen LogP contribution in [0.5, 0.6) is 0 Å². The fourth-order valence-electron chi connectivity index (χ4n) is 2.31. The van der Waals surface area contributed by atoms with E-state index in [1.165, 1.54) is 26.2 Å². The van der Waals surface area contributed by atoms with Crippen LogP contribution in [0.1, 0.15) is 24.5 Å². The monoisotopic (exact) mass is 410 g/mol. The lowest BCUT2D eigenvalue weighted by Crippen LogP contribution is -2.33. The molecule has 0 saturated heterocycles. The molecule has 27 heavy (non-hydrogen) atoms. The maximum atomic E-state index is 12.6. The summed E-state index contributed by atoms with van der Waals surface area (Å²) >= 11 is 0. The molecular formula is C17H25F3N2O4S. The summed E-state index contributed by atoms with van der Waals surface area (Å²) in [5, 5.41) is 0. The molecule has 0 aliphatic carbocycles. The van der Waals surface area contributed by atoms with Gasteiger partial charge < -0.3 is 4.74 Å². The molecule has 1 aromatic rings. The van der Waals surface area contributed by atoms with Crippen LogP contribution in [0, 0.1) is 0 Å². The molecule has 0 bridgehead atoms. The molecule has 6 nitrogen and oxygen atoms in total. The van der Waals surface area contributed by atoms with E-state index in [1.807, 2.05) is 0 Å². The molecule has 1 rings (SSSR count). The van der Waals surface area contributed by atoms with E-state index in [9.17, 15) is 26.4 Å². The van der Waals surface area contributed by atoms with Gasteiger partial charge in [0.2, 0.25) is 10.0 Å². The van der Waals surface area contributed by atoms with E-state index in [0.717, 1.165) is 16.4 Å². The van der Waals surface area contributed by atoms with Gasteiger partial charge in [-0.05, 0) is 31.0 Å². The molecule has 0 fully saturated rings. The van der Waals surface area contributed by atoms with Gasteiger partial charge in [0.1, 0.15) is 0 Å². The number of hydrogen-bond acceptors (Lipinski definition) is 5. The number of carbonyl (C=O) groups excluding carboxylic acids is 1. The van der Waals surface area contributed by atoms with Crippen molar-refractivity contribution >= 4 is 16.0 Å². The summed E-state index contributed by atoms with van der Waals surface area (Å²) in [5.74, 6) is -0.563. The number of benzene rings is 1. The quantitative estimate of drug-likeness (QED) is 0.554. The van der Waals surface area contributed by atoms with Crippen LogP contribution in [0.3, 0.4) is 0 Å².